The van der Waals surface area contributed by atoms with E-state index in [0.717, 1.165) is 16.8 Å². The number of nitrogens with zero attached hydrogens (tertiary/aromatic N) is 3. The molecule has 0 aliphatic heterocycles. The first kappa shape index (κ1) is 18.4. The van der Waals surface area contributed by atoms with Gasteiger partial charge in [0.1, 0.15) is 5.82 Å². The van der Waals surface area contributed by atoms with E-state index in [1.54, 1.807) is 22.8 Å². The first-order chi connectivity index (χ1) is 14.6. The van der Waals surface area contributed by atoms with E-state index in [1.165, 1.54) is 0 Å². The molecule has 5 rings (SSSR count). The van der Waals surface area contributed by atoms with Crippen molar-refractivity contribution in [3.05, 3.63) is 107 Å². The molecule has 2 heterocycles. The molecule has 30 heavy (non-hydrogen) atoms. The summed E-state index contributed by atoms with van der Waals surface area (Å²) in [5.74, 6) is 0.583. The molecule has 0 spiro atoms. The summed E-state index contributed by atoms with van der Waals surface area (Å²) >= 11 is 6.22. The van der Waals surface area contributed by atoms with Crippen LogP contribution in [0, 0.1) is 0 Å². The molecule has 0 radical (unpaired) electrons. The Morgan fingerprint density at radius 1 is 0.833 bits per heavy atom. The van der Waals surface area contributed by atoms with Crippen LogP contribution in [0.2, 0.25) is 5.02 Å². The molecule has 146 valence electrons. The molecule has 4 nitrogen and oxygen atoms in total. The van der Waals surface area contributed by atoms with Crippen molar-refractivity contribution in [2.24, 2.45) is 7.05 Å². The number of rotatable bonds is 3. The number of benzene rings is 3. The smallest absolute Gasteiger partial charge is 0.266 e. The number of hydrogen-bond acceptors (Lipinski definition) is 2. The maximum atomic E-state index is 13.4. The highest BCUT2D eigenvalue weighted by Gasteiger charge is 2.15. The van der Waals surface area contributed by atoms with Crippen LogP contribution in [0.4, 0.5) is 0 Å². The highest BCUT2D eigenvalue weighted by atomic mass is 35.5. The van der Waals surface area contributed by atoms with Crippen LogP contribution in [0.25, 0.3) is 39.2 Å². The van der Waals surface area contributed by atoms with Gasteiger partial charge in [-0.2, -0.15) is 0 Å². The monoisotopic (exact) mass is 411 g/mol. The molecule has 0 unspecified atom stereocenters. The van der Waals surface area contributed by atoms with E-state index in [-0.39, 0.29) is 5.56 Å². The molecule has 0 bridgehead atoms. The molecule has 0 aliphatic carbocycles. The fourth-order valence-corrected chi connectivity index (χ4v) is 3.92. The Bertz CT molecular complexity index is 1430. The third kappa shape index (κ3) is 3.11. The van der Waals surface area contributed by atoms with Crippen LogP contribution in [0.5, 0.6) is 0 Å². The van der Waals surface area contributed by atoms with Gasteiger partial charge in [-0.25, -0.2) is 4.98 Å². The lowest BCUT2D eigenvalue weighted by molar-refractivity contribution is 0.937. The third-order valence-electron chi connectivity index (χ3n) is 5.22. The van der Waals surface area contributed by atoms with Crippen LogP contribution in [-0.2, 0) is 7.05 Å². The van der Waals surface area contributed by atoms with Gasteiger partial charge >= 0.3 is 0 Å². The molecule has 0 fully saturated rings. The number of fused-ring (bicyclic) bond motifs is 1. The third-order valence-corrected chi connectivity index (χ3v) is 5.46. The zero-order chi connectivity index (χ0) is 20.7. The van der Waals surface area contributed by atoms with Crippen molar-refractivity contribution in [1.29, 1.82) is 0 Å². The van der Waals surface area contributed by atoms with E-state index in [1.807, 2.05) is 73.9 Å². The second-order valence-electron chi connectivity index (χ2n) is 7.15. The van der Waals surface area contributed by atoms with Gasteiger partial charge in [-0.1, -0.05) is 54.1 Å². The highest BCUT2D eigenvalue weighted by molar-refractivity contribution is 6.30. The van der Waals surface area contributed by atoms with Crippen molar-refractivity contribution >= 4 is 22.5 Å². The van der Waals surface area contributed by atoms with E-state index in [0.29, 0.717) is 27.4 Å². The van der Waals surface area contributed by atoms with Crippen LogP contribution >= 0.6 is 11.6 Å². The van der Waals surface area contributed by atoms with Gasteiger partial charge in [0.2, 0.25) is 0 Å². The van der Waals surface area contributed by atoms with E-state index in [2.05, 4.69) is 10.6 Å². The lowest BCUT2D eigenvalue weighted by atomic mass is 10.1. The lowest BCUT2D eigenvalue weighted by Gasteiger charge is -2.14. The predicted molar refractivity (Wildman–Crippen MR) is 122 cm³/mol. The molecule has 3 aromatic carbocycles. The van der Waals surface area contributed by atoms with E-state index >= 15 is 0 Å². The SMILES string of the molecule is Cn1cccc1-c1ccc(-c2nc3ccccc3c(=O)n2-c2cccc(Cl)c2)cc1. The van der Waals surface area contributed by atoms with Gasteiger partial charge in [-0.05, 0) is 48.0 Å². The summed E-state index contributed by atoms with van der Waals surface area (Å²) in [5, 5.41) is 1.14. The van der Waals surface area contributed by atoms with Crippen molar-refractivity contribution in [3.63, 3.8) is 0 Å². The maximum absolute atomic E-state index is 13.4. The van der Waals surface area contributed by atoms with E-state index in [4.69, 9.17) is 16.6 Å². The largest absolute Gasteiger partial charge is 0.351 e. The average molecular weight is 412 g/mol. The summed E-state index contributed by atoms with van der Waals surface area (Å²) in [4.78, 5) is 18.2. The van der Waals surface area contributed by atoms with Crippen LogP contribution in [0.1, 0.15) is 0 Å². The Hall–Kier alpha value is -3.63. The van der Waals surface area contributed by atoms with Crippen molar-refractivity contribution in [1.82, 2.24) is 14.1 Å². The first-order valence-corrected chi connectivity index (χ1v) is 9.99. The minimum Gasteiger partial charge on any atom is -0.351 e. The van der Waals surface area contributed by atoms with Gasteiger partial charge in [-0.3, -0.25) is 9.36 Å². The summed E-state index contributed by atoms with van der Waals surface area (Å²) < 4.78 is 3.71. The molecule has 0 amide bonds. The minimum atomic E-state index is -0.121. The Labute approximate surface area is 178 Å². The molecule has 0 atom stereocenters. The van der Waals surface area contributed by atoms with E-state index in [9.17, 15) is 4.79 Å². The topological polar surface area (TPSA) is 39.8 Å². The van der Waals surface area contributed by atoms with Crippen LogP contribution in [-0.4, -0.2) is 14.1 Å². The van der Waals surface area contributed by atoms with Crippen molar-refractivity contribution < 1.29 is 0 Å². The van der Waals surface area contributed by atoms with Crippen molar-refractivity contribution in [2.45, 2.75) is 0 Å². The van der Waals surface area contributed by atoms with Gasteiger partial charge in [-0.15, -0.1) is 0 Å². The van der Waals surface area contributed by atoms with Gasteiger partial charge in [0.15, 0.2) is 0 Å². The summed E-state index contributed by atoms with van der Waals surface area (Å²) in [7, 11) is 2.02. The summed E-state index contributed by atoms with van der Waals surface area (Å²) in [6, 6.07) is 26.9. The van der Waals surface area contributed by atoms with Crippen molar-refractivity contribution in [3.8, 4) is 28.3 Å². The molecule has 0 N–H and O–H groups in total. The molecule has 5 aromatic rings. The quantitative estimate of drug-likeness (QED) is 0.381. The van der Waals surface area contributed by atoms with Crippen LogP contribution in [0.15, 0.2) is 95.9 Å². The minimum absolute atomic E-state index is 0.121. The number of halogens is 1. The van der Waals surface area contributed by atoms with Gasteiger partial charge < -0.3 is 4.57 Å². The number of aryl methyl sites for hydroxylation is 1. The first-order valence-electron chi connectivity index (χ1n) is 9.62. The van der Waals surface area contributed by atoms with Gasteiger partial charge in [0, 0.05) is 29.5 Å². The second kappa shape index (κ2) is 7.32. The Balaban J connectivity index is 1.75. The summed E-state index contributed by atoms with van der Waals surface area (Å²) in [6.45, 7) is 0. The zero-order valence-corrected chi connectivity index (χ0v) is 17.0. The zero-order valence-electron chi connectivity index (χ0n) is 16.3. The van der Waals surface area contributed by atoms with Gasteiger partial charge in [0.05, 0.1) is 16.6 Å². The fraction of sp³-hybridized carbons (Fsp3) is 0.0400. The highest BCUT2D eigenvalue weighted by Crippen LogP contribution is 2.26. The molecular formula is C25H18ClN3O. The summed E-state index contributed by atoms with van der Waals surface area (Å²) in [6.07, 6.45) is 2.02. The number of hydrogen-bond donors (Lipinski definition) is 0. The Morgan fingerprint density at radius 2 is 1.60 bits per heavy atom. The molecule has 0 saturated heterocycles. The lowest BCUT2D eigenvalue weighted by Crippen LogP contribution is -2.21. The maximum Gasteiger partial charge on any atom is 0.266 e. The van der Waals surface area contributed by atoms with E-state index < -0.39 is 0 Å². The van der Waals surface area contributed by atoms with Crippen LogP contribution < -0.4 is 5.56 Å². The normalized spacial score (nSPS) is 11.1. The number of para-hydroxylation sites is 1. The Kier molecular flexibility index (Phi) is 4.49. The van der Waals surface area contributed by atoms with Crippen molar-refractivity contribution in [2.75, 3.05) is 0 Å². The average Bonchev–Trinajstić information content (AvgIpc) is 3.19. The fourth-order valence-electron chi connectivity index (χ4n) is 3.73. The molecular weight excluding hydrogens is 394 g/mol. The predicted octanol–water partition coefficient (Wildman–Crippen LogP) is 5.71. The second-order valence-corrected chi connectivity index (χ2v) is 7.59. The number of aromatic nitrogens is 3. The molecule has 5 heteroatoms. The molecule has 0 saturated carbocycles. The van der Waals surface area contributed by atoms with Crippen LogP contribution in [0.3, 0.4) is 0 Å². The standard InChI is InChI=1S/C25H18ClN3O/c1-28-15-5-10-23(28)17-11-13-18(14-12-17)24-27-22-9-3-2-8-21(22)25(30)29(24)20-7-4-6-19(26)16-20/h2-16H,1H3. The molecule has 0 aliphatic rings. The summed E-state index contributed by atoms with van der Waals surface area (Å²) in [5.41, 5.74) is 4.32. The van der Waals surface area contributed by atoms with Gasteiger partial charge in [0.25, 0.3) is 5.56 Å². The molecule has 2 aromatic heterocycles. The Morgan fingerprint density at radius 3 is 2.33 bits per heavy atom.